The van der Waals surface area contributed by atoms with Crippen LogP contribution in [0.2, 0.25) is 0 Å². The number of nitrogens with two attached hydrogens (primary N) is 1. The van der Waals surface area contributed by atoms with Crippen molar-refractivity contribution in [1.82, 2.24) is 14.8 Å². The highest BCUT2D eigenvalue weighted by molar-refractivity contribution is 5.26. The molecule has 0 spiro atoms. The van der Waals surface area contributed by atoms with Gasteiger partial charge in [-0.3, -0.25) is 0 Å². The summed E-state index contributed by atoms with van der Waals surface area (Å²) in [5, 5.41) is 4.23. The molecule has 0 amide bonds. The summed E-state index contributed by atoms with van der Waals surface area (Å²) in [5.41, 5.74) is 7.60. The number of benzene rings is 1. The van der Waals surface area contributed by atoms with Crippen molar-refractivity contribution in [2.75, 3.05) is 0 Å². The third kappa shape index (κ3) is 2.68. The Morgan fingerprint density at radius 1 is 1.47 bits per heavy atom. The molecule has 17 heavy (non-hydrogen) atoms. The van der Waals surface area contributed by atoms with E-state index in [0.717, 1.165) is 11.1 Å². The van der Waals surface area contributed by atoms with Crippen LogP contribution in [-0.4, -0.2) is 14.8 Å². The molecule has 2 aromatic rings. The van der Waals surface area contributed by atoms with Gasteiger partial charge >= 0.3 is 0 Å². The first-order chi connectivity index (χ1) is 8.06. The Balaban J connectivity index is 2.22. The Morgan fingerprint density at radius 2 is 2.24 bits per heavy atom. The van der Waals surface area contributed by atoms with Crippen molar-refractivity contribution >= 4 is 0 Å². The van der Waals surface area contributed by atoms with Crippen molar-refractivity contribution in [2.45, 2.75) is 26.4 Å². The average Bonchev–Trinajstić information content (AvgIpc) is 2.72. The molecule has 0 saturated carbocycles. The first-order valence-corrected chi connectivity index (χ1v) is 5.46. The van der Waals surface area contributed by atoms with E-state index < -0.39 is 0 Å². The zero-order chi connectivity index (χ0) is 12.4. The highest BCUT2D eigenvalue weighted by Gasteiger charge is 2.07. The first-order valence-electron chi connectivity index (χ1n) is 5.46. The summed E-state index contributed by atoms with van der Waals surface area (Å²) in [5.74, 6) is 0.359. The van der Waals surface area contributed by atoms with Gasteiger partial charge < -0.3 is 5.73 Å². The number of halogens is 1. The van der Waals surface area contributed by atoms with Gasteiger partial charge in [-0.2, -0.15) is 5.10 Å². The minimum Gasteiger partial charge on any atom is -0.321 e. The number of aryl methyl sites for hydroxylation is 1. The fourth-order valence-corrected chi connectivity index (χ4v) is 1.58. The number of nitrogens with zero attached hydrogens (tertiary/aromatic N) is 3. The molecule has 1 heterocycles. The fraction of sp³-hybridized carbons (Fsp3) is 0.333. The normalized spacial score (nSPS) is 12.7. The average molecular weight is 234 g/mol. The maximum Gasteiger partial charge on any atom is 0.166 e. The van der Waals surface area contributed by atoms with E-state index in [1.165, 1.54) is 12.1 Å². The van der Waals surface area contributed by atoms with Gasteiger partial charge in [-0.15, -0.1) is 0 Å². The van der Waals surface area contributed by atoms with Gasteiger partial charge in [-0.25, -0.2) is 14.1 Å². The van der Waals surface area contributed by atoms with Crippen LogP contribution in [0.5, 0.6) is 0 Å². The van der Waals surface area contributed by atoms with E-state index in [4.69, 9.17) is 5.73 Å². The van der Waals surface area contributed by atoms with Gasteiger partial charge in [0, 0.05) is 0 Å². The van der Waals surface area contributed by atoms with Crippen molar-refractivity contribution < 1.29 is 4.39 Å². The molecule has 2 N–H and O–H groups in total. The summed E-state index contributed by atoms with van der Waals surface area (Å²) in [6, 6.07) is 4.54. The molecular weight excluding hydrogens is 219 g/mol. The van der Waals surface area contributed by atoms with E-state index in [-0.39, 0.29) is 11.9 Å². The lowest BCUT2D eigenvalue weighted by Gasteiger charge is -2.05. The van der Waals surface area contributed by atoms with Crippen LogP contribution >= 0.6 is 0 Å². The second kappa shape index (κ2) is 4.63. The molecule has 0 bridgehead atoms. The predicted molar refractivity (Wildman–Crippen MR) is 62.9 cm³/mol. The highest BCUT2D eigenvalue weighted by Crippen LogP contribution is 2.12. The van der Waals surface area contributed by atoms with Gasteiger partial charge in [-0.1, -0.05) is 6.07 Å². The van der Waals surface area contributed by atoms with E-state index in [1.54, 1.807) is 17.1 Å². The van der Waals surface area contributed by atoms with Crippen LogP contribution in [0.4, 0.5) is 4.39 Å². The molecule has 2 rings (SSSR count). The lowest BCUT2D eigenvalue weighted by atomic mass is 10.1. The molecule has 1 atom stereocenters. The third-order valence-corrected chi connectivity index (χ3v) is 2.60. The standard InChI is InChI=1S/C12H15FN4/c1-8-3-4-11(13)5-10(8)6-17-7-15-12(16-17)9(2)14/h3-5,7,9H,6,14H2,1-2H3. The van der Waals surface area contributed by atoms with Crippen LogP contribution < -0.4 is 5.73 Å². The Morgan fingerprint density at radius 3 is 2.88 bits per heavy atom. The molecule has 90 valence electrons. The van der Waals surface area contributed by atoms with Gasteiger partial charge in [0.25, 0.3) is 0 Å². The van der Waals surface area contributed by atoms with Crippen LogP contribution in [0.25, 0.3) is 0 Å². The molecule has 0 fully saturated rings. The molecule has 0 saturated heterocycles. The minimum atomic E-state index is -0.238. The highest BCUT2D eigenvalue weighted by atomic mass is 19.1. The van der Waals surface area contributed by atoms with Crippen LogP contribution in [0.3, 0.4) is 0 Å². The zero-order valence-corrected chi connectivity index (χ0v) is 9.89. The SMILES string of the molecule is Cc1ccc(F)cc1Cn1cnc(C(C)N)n1. The van der Waals surface area contributed by atoms with Crippen molar-refractivity contribution in [3.63, 3.8) is 0 Å². The van der Waals surface area contributed by atoms with Crippen molar-refractivity contribution in [3.05, 3.63) is 47.3 Å². The fourth-order valence-electron chi connectivity index (χ4n) is 1.58. The quantitative estimate of drug-likeness (QED) is 0.880. The maximum atomic E-state index is 13.1. The zero-order valence-electron chi connectivity index (χ0n) is 9.89. The molecule has 1 aromatic heterocycles. The van der Waals surface area contributed by atoms with Crippen molar-refractivity contribution in [1.29, 1.82) is 0 Å². The van der Waals surface area contributed by atoms with Gasteiger partial charge in [0.1, 0.15) is 12.1 Å². The molecule has 4 nitrogen and oxygen atoms in total. The van der Waals surface area contributed by atoms with Gasteiger partial charge in [0.05, 0.1) is 12.6 Å². The Labute approximate surface area is 99.3 Å². The molecule has 0 aliphatic rings. The maximum absolute atomic E-state index is 13.1. The van der Waals surface area contributed by atoms with E-state index >= 15 is 0 Å². The Bertz CT molecular complexity index is 519. The minimum absolute atomic E-state index is 0.190. The van der Waals surface area contributed by atoms with Crippen LogP contribution in [0, 0.1) is 12.7 Å². The predicted octanol–water partition coefficient (Wildman–Crippen LogP) is 1.79. The third-order valence-electron chi connectivity index (χ3n) is 2.60. The number of aromatic nitrogens is 3. The van der Waals surface area contributed by atoms with Crippen LogP contribution in [0.1, 0.15) is 29.9 Å². The van der Waals surface area contributed by atoms with Crippen LogP contribution in [0.15, 0.2) is 24.5 Å². The molecular formula is C12H15FN4. The second-order valence-corrected chi connectivity index (χ2v) is 4.16. The molecule has 1 aromatic carbocycles. The van der Waals surface area contributed by atoms with E-state index in [9.17, 15) is 4.39 Å². The largest absolute Gasteiger partial charge is 0.321 e. The second-order valence-electron chi connectivity index (χ2n) is 4.16. The molecule has 0 aliphatic carbocycles. The summed E-state index contributed by atoms with van der Waals surface area (Å²) in [6.45, 7) is 4.27. The topological polar surface area (TPSA) is 56.7 Å². The lowest BCUT2D eigenvalue weighted by molar-refractivity contribution is 0.614. The Kier molecular flexibility index (Phi) is 3.19. The lowest BCUT2D eigenvalue weighted by Crippen LogP contribution is -2.09. The molecule has 0 aliphatic heterocycles. The molecule has 1 unspecified atom stereocenters. The summed E-state index contributed by atoms with van der Waals surface area (Å²) in [7, 11) is 0. The summed E-state index contributed by atoms with van der Waals surface area (Å²) in [6.07, 6.45) is 1.61. The van der Waals surface area contributed by atoms with Gasteiger partial charge in [-0.05, 0) is 37.1 Å². The van der Waals surface area contributed by atoms with Gasteiger partial charge in [0.2, 0.25) is 0 Å². The smallest absolute Gasteiger partial charge is 0.166 e. The molecule has 0 radical (unpaired) electrons. The summed E-state index contributed by atoms with van der Waals surface area (Å²) in [4.78, 5) is 4.10. The van der Waals surface area contributed by atoms with E-state index in [2.05, 4.69) is 10.1 Å². The van der Waals surface area contributed by atoms with Crippen molar-refractivity contribution in [2.24, 2.45) is 5.73 Å². The first kappa shape index (κ1) is 11.7. The number of hydrogen-bond acceptors (Lipinski definition) is 3. The number of rotatable bonds is 3. The Hall–Kier alpha value is -1.75. The summed E-state index contributed by atoms with van der Waals surface area (Å²) < 4.78 is 14.8. The van der Waals surface area contributed by atoms with Crippen LogP contribution in [-0.2, 0) is 6.54 Å². The van der Waals surface area contributed by atoms with E-state index in [0.29, 0.717) is 12.4 Å². The van der Waals surface area contributed by atoms with E-state index in [1.807, 2.05) is 13.8 Å². The molecule has 5 heteroatoms. The monoisotopic (exact) mass is 234 g/mol. The van der Waals surface area contributed by atoms with Crippen molar-refractivity contribution in [3.8, 4) is 0 Å². The number of hydrogen-bond donors (Lipinski definition) is 1. The summed E-state index contributed by atoms with van der Waals surface area (Å²) >= 11 is 0. The van der Waals surface area contributed by atoms with Gasteiger partial charge in [0.15, 0.2) is 5.82 Å².